The van der Waals surface area contributed by atoms with Gasteiger partial charge in [0.2, 0.25) is 5.91 Å². The number of carbonyl (C=O) groups excluding carboxylic acids is 1. The number of benzene rings is 1. The molecule has 3 heterocycles. The van der Waals surface area contributed by atoms with E-state index in [0.717, 1.165) is 38.3 Å². The smallest absolute Gasteiger partial charge is 0.237 e. The van der Waals surface area contributed by atoms with Crippen LogP contribution in [0.2, 0.25) is 0 Å². The van der Waals surface area contributed by atoms with Gasteiger partial charge >= 0.3 is 0 Å². The Morgan fingerprint density at radius 1 is 0.964 bits per heavy atom. The maximum atomic E-state index is 12.6. The summed E-state index contributed by atoms with van der Waals surface area (Å²) in [6.45, 7) is 6.79. The molecular weight excluding hydrogens is 350 g/mol. The first-order valence-corrected chi connectivity index (χ1v) is 11.2. The van der Waals surface area contributed by atoms with Crippen LogP contribution in [0.15, 0.2) is 24.3 Å². The highest BCUT2D eigenvalue weighted by atomic mass is 16.5. The van der Waals surface area contributed by atoms with Crippen LogP contribution in [0.1, 0.15) is 50.5 Å². The maximum absolute atomic E-state index is 12.6. The predicted molar refractivity (Wildman–Crippen MR) is 109 cm³/mol. The number of rotatable bonds is 5. The van der Waals surface area contributed by atoms with Crippen LogP contribution < -0.4 is 4.74 Å². The van der Waals surface area contributed by atoms with Crippen molar-refractivity contribution in [3.8, 4) is 5.75 Å². The Labute approximate surface area is 168 Å². The van der Waals surface area contributed by atoms with Crippen molar-refractivity contribution in [2.24, 2.45) is 0 Å². The molecule has 1 aromatic rings. The second kappa shape index (κ2) is 7.68. The summed E-state index contributed by atoms with van der Waals surface area (Å²) in [4.78, 5) is 19.6. The van der Waals surface area contributed by atoms with Crippen LogP contribution in [-0.2, 0) is 11.3 Å². The Bertz CT molecular complexity index is 696. The molecule has 5 heteroatoms. The average molecular weight is 384 g/mol. The summed E-state index contributed by atoms with van der Waals surface area (Å²) in [6, 6.07) is 9.11. The summed E-state index contributed by atoms with van der Waals surface area (Å²) in [5.41, 5.74) is 1.31. The zero-order valence-corrected chi connectivity index (χ0v) is 16.9. The highest BCUT2D eigenvalue weighted by molar-refractivity contribution is 5.79. The van der Waals surface area contributed by atoms with Gasteiger partial charge in [-0.3, -0.25) is 14.6 Å². The Kier molecular flexibility index (Phi) is 5.06. The molecule has 5 nitrogen and oxygen atoms in total. The van der Waals surface area contributed by atoms with Gasteiger partial charge in [-0.1, -0.05) is 25.0 Å². The van der Waals surface area contributed by atoms with Crippen LogP contribution in [0.4, 0.5) is 0 Å². The summed E-state index contributed by atoms with van der Waals surface area (Å²) < 4.78 is 6.45. The van der Waals surface area contributed by atoms with Crippen LogP contribution >= 0.6 is 0 Å². The van der Waals surface area contributed by atoms with Crippen molar-refractivity contribution in [2.45, 2.75) is 63.1 Å². The van der Waals surface area contributed by atoms with Crippen LogP contribution in [0, 0.1) is 0 Å². The number of piperazine rings is 1. The zero-order chi connectivity index (χ0) is 19.0. The first-order chi connectivity index (χ1) is 13.7. The van der Waals surface area contributed by atoms with Gasteiger partial charge in [0.1, 0.15) is 11.4 Å². The number of hydrogen-bond donors (Lipinski definition) is 0. The van der Waals surface area contributed by atoms with Crippen molar-refractivity contribution in [1.82, 2.24) is 14.7 Å². The molecule has 0 aromatic heterocycles. The molecule has 28 heavy (non-hydrogen) atoms. The lowest BCUT2D eigenvalue weighted by atomic mass is 9.94. The summed E-state index contributed by atoms with van der Waals surface area (Å²) in [5, 5.41) is 0. The molecule has 1 aromatic carbocycles. The molecule has 5 rings (SSSR count). The molecule has 1 saturated carbocycles. The monoisotopic (exact) mass is 383 g/mol. The molecule has 0 radical (unpaired) electrons. The minimum absolute atomic E-state index is 0.0444. The molecule has 1 aliphatic carbocycles. The lowest BCUT2D eigenvalue weighted by Gasteiger charge is -2.38. The van der Waals surface area contributed by atoms with Crippen molar-refractivity contribution >= 4 is 5.91 Å². The normalized spacial score (nSPS) is 31.5. The van der Waals surface area contributed by atoms with E-state index >= 15 is 0 Å². The van der Waals surface area contributed by atoms with Crippen molar-refractivity contribution in [3.63, 3.8) is 0 Å². The number of fused-ring (bicyclic) bond motifs is 2. The van der Waals surface area contributed by atoms with Gasteiger partial charge in [0, 0.05) is 45.2 Å². The fraction of sp³-hybridized carbons (Fsp3) is 0.696. The molecule has 3 saturated heterocycles. The van der Waals surface area contributed by atoms with E-state index in [4.69, 9.17) is 4.74 Å². The first kappa shape index (κ1) is 18.4. The van der Waals surface area contributed by atoms with Gasteiger partial charge in [-0.25, -0.2) is 0 Å². The van der Waals surface area contributed by atoms with Crippen LogP contribution in [-0.4, -0.2) is 71.5 Å². The Balaban J connectivity index is 1.15. The van der Waals surface area contributed by atoms with Gasteiger partial charge in [-0.05, 0) is 49.9 Å². The minimum Gasteiger partial charge on any atom is -0.486 e. The largest absolute Gasteiger partial charge is 0.486 e. The molecule has 1 unspecified atom stereocenters. The number of ether oxygens (including phenoxy) is 1. The lowest BCUT2D eigenvalue weighted by Crippen LogP contribution is -2.53. The molecule has 4 aliphatic rings. The van der Waals surface area contributed by atoms with Crippen LogP contribution in [0.3, 0.4) is 0 Å². The van der Waals surface area contributed by atoms with Crippen LogP contribution in [0.25, 0.3) is 0 Å². The van der Waals surface area contributed by atoms with Gasteiger partial charge in [-0.15, -0.1) is 0 Å². The second-order valence-electron chi connectivity index (χ2n) is 9.29. The molecule has 2 atom stereocenters. The summed E-state index contributed by atoms with van der Waals surface area (Å²) in [7, 11) is 0. The number of carbonyl (C=O) groups is 1. The molecule has 4 fully saturated rings. The number of amides is 1. The van der Waals surface area contributed by atoms with E-state index in [9.17, 15) is 4.79 Å². The van der Waals surface area contributed by atoms with Gasteiger partial charge in [0.25, 0.3) is 0 Å². The minimum atomic E-state index is 0.0444. The summed E-state index contributed by atoms with van der Waals surface area (Å²) in [6.07, 6.45) is 8.55. The number of nitrogens with zero attached hydrogens (tertiary/aromatic N) is 3. The molecule has 152 valence electrons. The fourth-order valence-corrected chi connectivity index (χ4v) is 5.72. The Morgan fingerprint density at radius 3 is 2.57 bits per heavy atom. The van der Waals surface area contributed by atoms with Crippen molar-refractivity contribution in [2.75, 3.05) is 39.3 Å². The first-order valence-electron chi connectivity index (χ1n) is 11.2. The highest BCUT2D eigenvalue weighted by Crippen LogP contribution is 2.35. The van der Waals surface area contributed by atoms with Gasteiger partial charge in [0.15, 0.2) is 0 Å². The SMILES string of the molecule is O=C1CN(Cc2ccc(O[C@]34CCCN(CC3)C4)cc2)CCN1C1CCCC1. The third kappa shape index (κ3) is 3.79. The quantitative estimate of drug-likeness (QED) is 0.783. The van der Waals surface area contributed by atoms with Gasteiger partial charge < -0.3 is 9.64 Å². The second-order valence-corrected chi connectivity index (χ2v) is 9.29. The Morgan fingerprint density at radius 2 is 1.79 bits per heavy atom. The van der Waals surface area contributed by atoms with Crippen LogP contribution in [0.5, 0.6) is 5.75 Å². The summed E-state index contributed by atoms with van der Waals surface area (Å²) >= 11 is 0. The zero-order valence-electron chi connectivity index (χ0n) is 16.9. The Hall–Kier alpha value is -1.59. The number of piperidine rings is 1. The molecule has 0 N–H and O–H groups in total. The van der Waals surface area contributed by atoms with Crippen molar-refractivity contribution < 1.29 is 9.53 Å². The van der Waals surface area contributed by atoms with E-state index in [1.807, 2.05) is 0 Å². The topological polar surface area (TPSA) is 36.0 Å². The molecule has 2 bridgehead atoms. The highest BCUT2D eigenvalue weighted by Gasteiger charge is 2.42. The average Bonchev–Trinajstić information content (AvgIpc) is 3.32. The molecular formula is C23H33N3O2. The third-order valence-electron chi connectivity index (χ3n) is 7.27. The number of hydrogen-bond acceptors (Lipinski definition) is 4. The van der Waals surface area contributed by atoms with E-state index in [0.29, 0.717) is 18.5 Å². The van der Waals surface area contributed by atoms with Gasteiger partial charge in [0.05, 0.1) is 6.54 Å². The molecule has 0 spiro atoms. The van der Waals surface area contributed by atoms with E-state index < -0.39 is 0 Å². The van der Waals surface area contributed by atoms with E-state index in [-0.39, 0.29) is 5.60 Å². The van der Waals surface area contributed by atoms with E-state index in [2.05, 4.69) is 39.0 Å². The van der Waals surface area contributed by atoms with Gasteiger partial charge in [-0.2, -0.15) is 0 Å². The van der Waals surface area contributed by atoms with E-state index in [1.54, 1.807) is 0 Å². The fourth-order valence-electron chi connectivity index (χ4n) is 5.72. The predicted octanol–water partition coefficient (Wildman–Crippen LogP) is 2.89. The third-order valence-corrected chi connectivity index (χ3v) is 7.27. The van der Waals surface area contributed by atoms with E-state index in [1.165, 1.54) is 57.2 Å². The lowest BCUT2D eigenvalue weighted by molar-refractivity contribution is -0.138. The standard InChI is InChI=1S/C23H33N3O2/c27-22-17-25(14-15-26(22)20-4-1-2-5-20)16-19-6-8-21(9-7-19)28-23-10-3-12-24(18-23)13-11-23/h6-9,20H,1-5,10-18H2/t23-/m1/s1. The maximum Gasteiger partial charge on any atom is 0.237 e. The van der Waals surface area contributed by atoms with Crippen molar-refractivity contribution in [3.05, 3.63) is 29.8 Å². The van der Waals surface area contributed by atoms with Crippen molar-refractivity contribution in [1.29, 1.82) is 0 Å². The summed E-state index contributed by atoms with van der Waals surface area (Å²) in [5.74, 6) is 1.31. The molecule has 1 amide bonds. The molecule has 3 aliphatic heterocycles.